The van der Waals surface area contributed by atoms with Crippen LogP contribution in [0.25, 0.3) is 0 Å². The molecule has 1 N–H and O–H groups in total. The lowest BCUT2D eigenvalue weighted by atomic mass is 10.1. The molecule has 5 nitrogen and oxygen atoms in total. The summed E-state index contributed by atoms with van der Waals surface area (Å²) < 4.78 is 35.7. The SMILES string of the molecule is O=S(=O)(O)CCCCC1CN(Cc2ccccc2)CCO1. The van der Waals surface area contributed by atoms with Crippen LogP contribution in [-0.4, -0.2) is 49.4 Å². The summed E-state index contributed by atoms with van der Waals surface area (Å²) >= 11 is 0. The Morgan fingerprint density at radius 2 is 2.00 bits per heavy atom. The summed E-state index contributed by atoms with van der Waals surface area (Å²) in [5.41, 5.74) is 1.30. The fourth-order valence-corrected chi connectivity index (χ4v) is 3.17. The van der Waals surface area contributed by atoms with Crippen LogP contribution >= 0.6 is 0 Å². The predicted octanol–water partition coefficient (Wildman–Crippen LogP) is 1.95. The van der Waals surface area contributed by atoms with Crippen LogP contribution in [0.4, 0.5) is 0 Å². The third-order valence-corrected chi connectivity index (χ3v) is 4.45. The molecule has 1 aliphatic heterocycles. The van der Waals surface area contributed by atoms with Crippen molar-refractivity contribution in [2.75, 3.05) is 25.4 Å². The molecule has 6 heteroatoms. The van der Waals surface area contributed by atoms with E-state index in [2.05, 4.69) is 17.0 Å². The quantitative estimate of drug-likeness (QED) is 0.615. The van der Waals surface area contributed by atoms with Gasteiger partial charge in [-0.2, -0.15) is 8.42 Å². The van der Waals surface area contributed by atoms with Gasteiger partial charge in [-0.1, -0.05) is 30.3 Å². The van der Waals surface area contributed by atoms with E-state index in [1.165, 1.54) is 5.56 Å². The summed E-state index contributed by atoms with van der Waals surface area (Å²) in [7, 11) is -3.83. The maximum atomic E-state index is 10.7. The van der Waals surface area contributed by atoms with Crippen LogP contribution in [0.15, 0.2) is 30.3 Å². The first-order valence-corrected chi connectivity index (χ1v) is 8.97. The molecule has 2 rings (SSSR count). The van der Waals surface area contributed by atoms with Crippen molar-refractivity contribution in [2.24, 2.45) is 0 Å². The van der Waals surface area contributed by atoms with Gasteiger partial charge in [0.15, 0.2) is 0 Å². The maximum absolute atomic E-state index is 10.7. The molecule has 118 valence electrons. The lowest BCUT2D eigenvalue weighted by molar-refractivity contribution is -0.0356. The summed E-state index contributed by atoms with van der Waals surface area (Å²) in [4.78, 5) is 2.37. The highest BCUT2D eigenvalue weighted by molar-refractivity contribution is 7.85. The number of rotatable bonds is 7. The number of ether oxygens (including phenoxy) is 1. The minimum atomic E-state index is -3.83. The zero-order valence-corrected chi connectivity index (χ0v) is 13.0. The zero-order valence-electron chi connectivity index (χ0n) is 12.1. The van der Waals surface area contributed by atoms with Crippen LogP contribution < -0.4 is 0 Å². The highest BCUT2D eigenvalue weighted by Gasteiger charge is 2.20. The largest absolute Gasteiger partial charge is 0.376 e. The summed E-state index contributed by atoms with van der Waals surface area (Å²) in [5, 5.41) is 0. The molecule has 1 saturated heterocycles. The average molecular weight is 313 g/mol. The topological polar surface area (TPSA) is 66.8 Å². The smallest absolute Gasteiger partial charge is 0.264 e. The summed E-state index contributed by atoms with van der Waals surface area (Å²) in [6, 6.07) is 10.3. The third-order valence-electron chi connectivity index (χ3n) is 3.65. The van der Waals surface area contributed by atoms with Crippen LogP contribution in [0.3, 0.4) is 0 Å². The molecule has 1 fully saturated rings. The number of nitrogens with zero attached hydrogens (tertiary/aromatic N) is 1. The minimum Gasteiger partial charge on any atom is -0.376 e. The molecule has 1 aromatic carbocycles. The second-order valence-electron chi connectivity index (χ2n) is 5.50. The monoisotopic (exact) mass is 313 g/mol. The van der Waals surface area contributed by atoms with Gasteiger partial charge in [0.25, 0.3) is 10.1 Å². The lowest BCUT2D eigenvalue weighted by Crippen LogP contribution is -2.41. The van der Waals surface area contributed by atoms with E-state index in [1.54, 1.807) is 0 Å². The van der Waals surface area contributed by atoms with Gasteiger partial charge in [0, 0.05) is 19.6 Å². The van der Waals surface area contributed by atoms with E-state index < -0.39 is 10.1 Å². The third kappa shape index (κ3) is 6.56. The minimum absolute atomic E-state index is 0.156. The fourth-order valence-electron chi connectivity index (χ4n) is 2.60. The first kappa shape index (κ1) is 16.4. The summed E-state index contributed by atoms with van der Waals surface area (Å²) in [5.74, 6) is -0.159. The molecule has 1 heterocycles. The predicted molar refractivity (Wildman–Crippen MR) is 81.7 cm³/mol. The van der Waals surface area contributed by atoms with Crippen molar-refractivity contribution in [1.29, 1.82) is 0 Å². The van der Waals surface area contributed by atoms with E-state index in [1.807, 2.05) is 18.2 Å². The summed E-state index contributed by atoms with van der Waals surface area (Å²) in [6.45, 7) is 3.44. The molecule has 0 bridgehead atoms. The van der Waals surface area contributed by atoms with Crippen molar-refractivity contribution in [3.8, 4) is 0 Å². The van der Waals surface area contributed by atoms with Crippen molar-refractivity contribution in [1.82, 2.24) is 4.90 Å². The van der Waals surface area contributed by atoms with Gasteiger partial charge < -0.3 is 4.74 Å². The van der Waals surface area contributed by atoms with E-state index in [4.69, 9.17) is 9.29 Å². The van der Waals surface area contributed by atoms with Gasteiger partial charge in [-0.3, -0.25) is 9.45 Å². The molecule has 0 aliphatic carbocycles. The number of unbranched alkanes of at least 4 members (excludes halogenated alkanes) is 1. The molecule has 0 amide bonds. The molecular weight excluding hydrogens is 290 g/mol. The Morgan fingerprint density at radius 1 is 1.24 bits per heavy atom. The molecule has 0 saturated carbocycles. The zero-order chi connectivity index (χ0) is 15.1. The van der Waals surface area contributed by atoms with Crippen molar-refractivity contribution >= 4 is 10.1 Å². The first-order chi connectivity index (χ1) is 10.0. The van der Waals surface area contributed by atoms with Crippen LogP contribution in [0.5, 0.6) is 0 Å². The van der Waals surface area contributed by atoms with Crippen molar-refractivity contribution in [2.45, 2.75) is 31.9 Å². The van der Waals surface area contributed by atoms with Crippen molar-refractivity contribution in [3.05, 3.63) is 35.9 Å². The van der Waals surface area contributed by atoms with E-state index >= 15 is 0 Å². The van der Waals surface area contributed by atoms with Gasteiger partial charge in [0.05, 0.1) is 18.5 Å². The molecule has 1 aromatic rings. The molecule has 0 aromatic heterocycles. The highest BCUT2D eigenvalue weighted by atomic mass is 32.2. The van der Waals surface area contributed by atoms with Gasteiger partial charge in [-0.05, 0) is 24.8 Å². The van der Waals surface area contributed by atoms with Gasteiger partial charge in [0.1, 0.15) is 0 Å². The van der Waals surface area contributed by atoms with Gasteiger partial charge >= 0.3 is 0 Å². The Bertz CT molecular complexity index is 518. The van der Waals surface area contributed by atoms with Gasteiger partial charge in [-0.25, -0.2) is 0 Å². The molecule has 1 atom stereocenters. The number of hydrogen-bond acceptors (Lipinski definition) is 4. The van der Waals surface area contributed by atoms with E-state index in [0.29, 0.717) is 6.42 Å². The number of hydrogen-bond donors (Lipinski definition) is 1. The Balaban J connectivity index is 1.71. The Labute approximate surface area is 126 Å². The Morgan fingerprint density at radius 3 is 2.71 bits per heavy atom. The summed E-state index contributed by atoms with van der Waals surface area (Å²) in [6.07, 6.45) is 2.23. The van der Waals surface area contributed by atoms with Crippen LogP contribution in [0.1, 0.15) is 24.8 Å². The van der Waals surface area contributed by atoms with E-state index in [0.717, 1.165) is 39.1 Å². The van der Waals surface area contributed by atoms with Gasteiger partial charge in [-0.15, -0.1) is 0 Å². The Kier molecular flexibility index (Phi) is 6.17. The van der Waals surface area contributed by atoms with Crippen molar-refractivity contribution < 1.29 is 17.7 Å². The highest BCUT2D eigenvalue weighted by Crippen LogP contribution is 2.14. The van der Waals surface area contributed by atoms with E-state index in [-0.39, 0.29) is 11.9 Å². The molecule has 1 aliphatic rings. The van der Waals surface area contributed by atoms with E-state index in [9.17, 15) is 8.42 Å². The van der Waals surface area contributed by atoms with Gasteiger partial charge in [0.2, 0.25) is 0 Å². The standard InChI is InChI=1S/C15H23NO4S/c17-21(18,19)11-5-4-8-15-13-16(9-10-20-15)12-14-6-2-1-3-7-14/h1-3,6-7,15H,4-5,8-13H2,(H,17,18,19). The molecule has 0 spiro atoms. The second kappa shape index (κ2) is 7.89. The fraction of sp³-hybridized carbons (Fsp3) is 0.600. The molecule has 0 radical (unpaired) electrons. The average Bonchev–Trinajstić information content (AvgIpc) is 2.44. The second-order valence-corrected chi connectivity index (χ2v) is 7.07. The normalized spacial score (nSPS) is 20.5. The van der Waals surface area contributed by atoms with Crippen LogP contribution in [0.2, 0.25) is 0 Å². The first-order valence-electron chi connectivity index (χ1n) is 7.36. The lowest BCUT2D eigenvalue weighted by Gasteiger charge is -2.33. The van der Waals surface area contributed by atoms with Crippen molar-refractivity contribution in [3.63, 3.8) is 0 Å². The molecule has 21 heavy (non-hydrogen) atoms. The van der Waals surface area contributed by atoms with Crippen LogP contribution in [-0.2, 0) is 21.4 Å². The molecule has 1 unspecified atom stereocenters. The van der Waals surface area contributed by atoms with Crippen LogP contribution in [0, 0.1) is 0 Å². The Hall–Kier alpha value is -0.950. The number of benzene rings is 1. The number of morpholine rings is 1. The maximum Gasteiger partial charge on any atom is 0.264 e. The molecular formula is C15H23NO4S.